The second kappa shape index (κ2) is 5.22. The molecule has 0 aliphatic carbocycles. The number of piperidine rings is 1. The van der Waals surface area contributed by atoms with Gasteiger partial charge in [-0.3, -0.25) is 4.79 Å². The largest absolute Gasteiger partial charge is 0.391 e. The van der Waals surface area contributed by atoms with Crippen molar-refractivity contribution in [1.29, 1.82) is 0 Å². The number of nitrogens with one attached hydrogen (secondary N) is 1. The summed E-state index contributed by atoms with van der Waals surface area (Å²) in [7, 11) is 0. The molecule has 2 saturated heterocycles. The van der Waals surface area contributed by atoms with Crippen molar-refractivity contribution >= 4 is 11.9 Å². The molecule has 1 unspecified atom stereocenters. The third-order valence-electron chi connectivity index (χ3n) is 4.37. The SMILES string of the molecule is CCc1nnc(N2CC3(CC(O)CNC3=O)C2)nc1CC. The number of carbonyl (C=O) groups is 1. The molecule has 1 spiro atoms. The monoisotopic (exact) mass is 291 g/mol. The van der Waals surface area contributed by atoms with Crippen molar-refractivity contribution in [3.05, 3.63) is 11.4 Å². The van der Waals surface area contributed by atoms with Gasteiger partial charge in [-0.25, -0.2) is 4.98 Å². The van der Waals surface area contributed by atoms with Gasteiger partial charge in [-0.1, -0.05) is 13.8 Å². The number of aliphatic hydroxyl groups is 1. The number of anilines is 1. The third-order valence-corrected chi connectivity index (χ3v) is 4.37. The minimum atomic E-state index is -0.489. The van der Waals surface area contributed by atoms with Gasteiger partial charge in [0.2, 0.25) is 11.9 Å². The molecule has 1 amide bonds. The van der Waals surface area contributed by atoms with E-state index in [1.54, 1.807) is 0 Å². The molecule has 7 nitrogen and oxygen atoms in total. The number of rotatable bonds is 3. The van der Waals surface area contributed by atoms with Gasteiger partial charge in [-0.2, -0.15) is 5.10 Å². The molecule has 2 N–H and O–H groups in total. The van der Waals surface area contributed by atoms with Crippen LogP contribution in [0, 0.1) is 5.41 Å². The topological polar surface area (TPSA) is 91.2 Å². The van der Waals surface area contributed by atoms with Crippen molar-refractivity contribution in [2.45, 2.75) is 39.2 Å². The van der Waals surface area contributed by atoms with Crippen LogP contribution >= 0.6 is 0 Å². The molecule has 0 radical (unpaired) electrons. The molecule has 2 aliphatic rings. The quantitative estimate of drug-likeness (QED) is 0.793. The Morgan fingerprint density at radius 3 is 2.67 bits per heavy atom. The Balaban J connectivity index is 1.75. The third kappa shape index (κ3) is 2.35. The molecule has 0 bridgehead atoms. The summed E-state index contributed by atoms with van der Waals surface area (Å²) in [6, 6.07) is 0. The Kier molecular flexibility index (Phi) is 3.52. The smallest absolute Gasteiger partial charge is 0.245 e. The van der Waals surface area contributed by atoms with Gasteiger partial charge in [0.1, 0.15) is 0 Å². The first-order valence-corrected chi connectivity index (χ1v) is 7.51. The number of aliphatic hydroxyl groups excluding tert-OH is 1. The van der Waals surface area contributed by atoms with Gasteiger partial charge in [0.25, 0.3) is 0 Å². The summed E-state index contributed by atoms with van der Waals surface area (Å²) in [6.07, 6.45) is 1.69. The van der Waals surface area contributed by atoms with E-state index in [0.29, 0.717) is 32.0 Å². The molecular formula is C14H21N5O2. The van der Waals surface area contributed by atoms with Crippen LogP contribution in [0.25, 0.3) is 0 Å². The predicted octanol–water partition coefficient (Wildman–Crippen LogP) is -0.316. The van der Waals surface area contributed by atoms with Gasteiger partial charge in [0.05, 0.1) is 22.9 Å². The van der Waals surface area contributed by atoms with Crippen LogP contribution in [-0.2, 0) is 17.6 Å². The van der Waals surface area contributed by atoms with Crippen LogP contribution in [0.4, 0.5) is 5.95 Å². The Morgan fingerprint density at radius 2 is 2.00 bits per heavy atom. The van der Waals surface area contributed by atoms with Crippen molar-refractivity contribution in [2.24, 2.45) is 5.41 Å². The fraction of sp³-hybridized carbons (Fsp3) is 0.714. The number of hydrogen-bond donors (Lipinski definition) is 2. The summed E-state index contributed by atoms with van der Waals surface area (Å²) in [5.74, 6) is 0.612. The van der Waals surface area contributed by atoms with Gasteiger partial charge in [-0.15, -0.1) is 5.10 Å². The van der Waals surface area contributed by atoms with E-state index in [2.05, 4.69) is 27.4 Å². The highest BCUT2D eigenvalue weighted by Crippen LogP contribution is 2.38. The standard InChI is InChI=1S/C14H21N5O2/c1-3-10-11(4-2)17-18-13(16-10)19-7-14(8-19)5-9(20)6-15-12(14)21/h9,20H,3-8H2,1-2H3,(H,15,21). The van der Waals surface area contributed by atoms with Crippen molar-refractivity contribution in [1.82, 2.24) is 20.5 Å². The van der Waals surface area contributed by atoms with Crippen LogP contribution in [0.2, 0.25) is 0 Å². The molecule has 3 rings (SSSR count). The first kappa shape index (κ1) is 14.2. The maximum Gasteiger partial charge on any atom is 0.245 e. The van der Waals surface area contributed by atoms with Crippen LogP contribution in [0.5, 0.6) is 0 Å². The normalized spacial score (nSPS) is 23.9. The molecule has 114 valence electrons. The summed E-state index contributed by atoms with van der Waals surface area (Å²) in [5.41, 5.74) is 1.41. The lowest BCUT2D eigenvalue weighted by atomic mass is 9.72. The van der Waals surface area contributed by atoms with E-state index in [1.807, 2.05) is 11.8 Å². The molecule has 3 heterocycles. The zero-order valence-electron chi connectivity index (χ0n) is 12.5. The molecule has 0 aromatic carbocycles. The lowest BCUT2D eigenvalue weighted by molar-refractivity contribution is -0.139. The van der Waals surface area contributed by atoms with Crippen LogP contribution in [0.1, 0.15) is 31.7 Å². The summed E-state index contributed by atoms with van der Waals surface area (Å²) >= 11 is 0. The lowest BCUT2D eigenvalue weighted by Crippen LogP contribution is -2.68. The summed E-state index contributed by atoms with van der Waals surface area (Å²) < 4.78 is 0. The van der Waals surface area contributed by atoms with E-state index < -0.39 is 11.5 Å². The van der Waals surface area contributed by atoms with Crippen molar-refractivity contribution < 1.29 is 9.90 Å². The number of aromatic nitrogens is 3. The summed E-state index contributed by atoms with van der Waals surface area (Å²) in [4.78, 5) is 18.6. The predicted molar refractivity (Wildman–Crippen MR) is 76.9 cm³/mol. The zero-order chi connectivity index (χ0) is 15.0. The van der Waals surface area contributed by atoms with Crippen molar-refractivity contribution in [3.8, 4) is 0 Å². The van der Waals surface area contributed by atoms with Crippen LogP contribution in [0.3, 0.4) is 0 Å². The van der Waals surface area contributed by atoms with Gasteiger partial charge in [0, 0.05) is 19.6 Å². The van der Waals surface area contributed by atoms with Gasteiger partial charge >= 0.3 is 0 Å². The Labute approximate surface area is 123 Å². The average Bonchev–Trinajstić information content (AvgIpc) is 2.46. The van der Waals surface area contributed by atoms with E-state index in [4.69, 9.17) is 0 Å². The Hall–Kier alpha value is -1.76. The number of hydrogen-bond acceptors (Lipinski definition) is 6. The number of amides is 1. The van der Waals surface area contributed by atoms with Crippen molar-refractivity contribution in [2.75, 3.05) is 24.5 Å². The molecule has 1 aromatic heterocycles. The highest BCUT2D eigenvalue weighted by Gasteiger charge is 2.53. The molecule has 0 saturated carbocycles. The highest BCUT2D eigenvalue weighted by atomic mass is 16.3. The molecule has 1 atom stereocenters. The number of β-amino-alcohol motifs (C(OH)–C–C–N with tert-alkyl or cyclic N) is 1. The van der Waals surface area contributed by atoms with E-state index in [0.717, 1.165) is 24.2 Å². The summed E-state index contributed by atoms with van der Waals surface area (Å²) in [6.45, 7) is 5.54. The van der Waals surface area contributed by atoms with E-state index in [9.17, 15) is 9.90 Å². The van der Waals surface area contributed by atoms with E-state index in [1.165, 1.54) is 0 Å². The van der Waals surface area contributed by atoms with E-state index in [-0.39, 0.29) is 5.91 Å². The van der Waals surface area contributed by atoms with Crippen molar-refractivity contribution in [3.63, 3.8) is 0 Å². The second-order valence-corrected chi connectivity index (χ2v) is 5.92. The zero-order valence-corrected chi connectivity index (χ0v) is 12.5. The maximum absolute atomic E-state index is 12.0. The molecule has 7 heteroatoms. The van der Waals surface area contributed by atoms with E-state index >= 15 is 0 Å². The summed E-state index contributed by atoms with van der Waals surface area (Å²) in [5, 5.41) is 20.9. The van der Waals surface area contributed by atoms with Crippen LogP contribution in [0.15, 0.2) is 0 Å². The molecule has 2 fully saturated rings. The fourth-order valence-corrected chi connectivity index (χ4v) is 3.17. The number of nitrogens with zero attached hydrogens (tertiary/aromatic N) is 4. The minimum absolute atomic E-state index is 0.0258. The second-order valence-electron chi connectivity index (χ2n) is 5.92. The number of aryl methyl sites for hydroxylation is 2. The van der Waals surface area contributed by atoms with Gasteiger partial charge in [0.15, 0.2) is 0 Å². The lowest BCUT2D eigenvalue weighted by Gasteiger charge is -2.51. The highest BCUT2D eigenvalue weighted by molar-refractivity contribution is 5.86. The fourth-order valence-electron chi connectivity index (χ4n) is 3.17. The average molecular weight is 291 g/mol. The first-order valence-electron chi connectivity index (χ1n) is 7.51. The molecular weight excluding hydrogens is 270 g/mol. The van der Waals surface area contributed by atoms with Gasteiger partial charge in [-0.05, 0) is 19.3 Å². The molecule has 21 heavy (non-hydrogen) atoms. The van der Waals surface area contributed by atoms with Gasteiger partial charge < -0.3 is 15.3 Å². The minimum Gasteiger partial charge on any atom is -0.391 e. The Morgan fingerprint density at radius 1 is 1.29 bits per heavy atom. The first-order chi connectivity index (χ1) is 10.1. The maximum atomic E-state index is 12.0. The van der Waals surface area contributed by atoms with Crippen LogP contribution < -0.4 is 10.2 Å². The molecule has 1 aromatic rings. The molecule has 2 aliphatic heterocycles. The Bertz CT molecular complexity index is 556. The number of carbonyl (C=O) groups excluding carboxylic acids is 1. The van der Waals surface area contributed by atoms with Crippen LogP contribution in [-0.4, -0.2) is 51.9 Å².